The number of nitrogens with zero attached hydrogens (tertiary/aromatic N) is 3. The number of rotatable bonds is 3. The fraction of sp³-hybridized carbons (Fsp3) is 0.0476. The van der Waals surface area contributed by atoms with Crippen molar-refractivity contribution in [2.24, 2.45) is 0 Å². The van der Waals surface area contributed by atoms with Crippen molar-refractivity contribution in [2.75, 3.05) is 0 Å². The number of pyridine rings is 2. The van der Waals surface area contributed by atoms with Crippen molar-refractivity contribution in [1.82, 2.24) is 19.9 Å². The lowest BCUT2D eigenvalue weighted by Crippen LogP contribution is -2.14. The molecule has 0 aliphatic heterocycles. The molecule has 126 valence electrons. The normalized spacial score (nSPS) is 10.7. The van der Waals surface area contributed by atoms with Crippen LogP contribution in [0.1, 0.15) is 5.56 Å². The molecule has 0 aliphatic rings. The molecule has 0 aliphatic carbocycles. The Balaban J connectivity index is 2.01. The van der Waals surface area contributed by atoms with Crippen LogP contribution in [0.4, 0.5) is 0 Å². The predicted molar refractivity (Wildman–Crippen MR) is 101 cm³/mol. The first-order chi connectivity index (χ1) is 12.7. The molecule has 1 N–H and O–H groups in total. The second-order valence-corrected chi connectivity index (χ2v) is 5.98. The van der Waals surface area contributed by atoms with Gasteiger partial charge < -0.3 is 4.98 Å². The standard InChI is InChI=1S/C21H16N4O/c1-14-3-2-4-17(13-14)18-19(15-5-9-22-10-6-15)24-20(25-21(18)26)16-7-11-23-12-8-16/h2-13H,1H3,(H,24,25,26). The van der Waals surface area contributed by atoms with Crippen LogP contribution in [-0.4, -0.2) is 19.9 Å². The van der Waals surface area contributed by atoms with E-state index in [-0.39, 0.29) is 5.56 Å². The van der Waals surface area contributed by atoms with Crippen LogP contribution in [-0.2, 0) is 0 Å². The van der Waals surface area contributed by atoms with Gasteiger partial charge in [0.15, 0.2) is 0 Å². The van der Waals surface area contributed by atoms with E-state index in [1.165, 1.54) is 0 Å². The van der Waals surface area contributed by atoms with Crippen LogP contribution in [0.2, 0.25) is 0 Å². The van der Waals surface area contributed by atoms with Crippen LogP contribution in [0, 0.1) is 6.92 Å². The zero-order valence-electron chi connectivity index (χ0n) is 14.2. The minimum Gasteiger partial charge on any atom is -0.306 e. The number of H-pyrrole nitrogens is 1. The molecular weight excluding hydrogens is 324 g/mol. The highest BCUT2D eigenvalue weighted by Gasteiger charge is 2.16. The third-order valence-electron chi connectivity index (χ3n) is 4.13. The first kappa shape index (κ1) is 15.9. The van der Waals surface area contributed by atoms with E-state index in [0.29, 0.717) is 17.1 Å². The summed E-state index contributed by atoms with van der Waals surface area (Å²) >= 11 is 0. The second kappa shape index (κ2) is 6.72. The van der Waals surface area contributed by atoms with Gasteiger partial charge in [-0.25, -0.2) is 4.98 Å². The molecule has 0 radical (unpaired) electrons. The summed E-state index contributed by atoms with van der Waals surface area (Å²) in [6.07, 6.45) is 6.75. The number of benzene rings is 1. The summed E-state index contributed by atoms with van der Waals surface area (Å²) in [5.74, 6) is 0.514. The van der Waals surface area contributed by atoms with Crippen LogP contribution >= 0.6 is 0 Å². The first-order valence-corrected chi connectivity index (χ1v) is 8.24. The van der Waals surface area contributed by atoms with E-state index >= 15 is 0 Å². The molecule has 3 heterocycles. The third-order valence-corrected chi connectivity index (χ3v) is 4.13. The summed E-state index contributed by atoms with van der Waals surface area (Å²) in [7, 11) is 0. The molecule has 0 fully saturated rings. The SMILES string of the molecule is Cc1cccc(-c2c(-c3ccncc3)nc(-c3ccncc3)[nH]c2=O)c1. The van der Waals surface area contributed by atoms with E-state index in [1.807, 2.05) is 55.5 Å². The van der Waals surface area contributed by atoms with Crippen molar-refractivity contribution in [2.45, 2.75) is 6.92 Å². The molecule has 5 heteroatoms. The Morgan fingerprint density at radius 2 is 1.46 bits per heavy atom. The van der Waals surface area contributed by atoms with E-state index in [9.17, 15) is 4.79 Å². The maximum atomic E-state index is 13.0. The minimum atomic E-state index is -0.177. The maximum Gasteiger partial charge on any atom is 0.259 e. The molecule has 0 bridgehead atoms. The van der Waals surface area contributed by atoms with Crippen LogP contribution in [0.25, 0.3) is 33.8 Å². The van der Waals surface area contributed by atoms with E-state index in [4.69, 9.17) is 4.98 Å². The first-order valence-electron chi connectivity index (χ1n) is 8.24. The van der Waals surface area contributed by atoms with E-state index in [2.05, 4.69) is 15.0 Å². The lowest BCUT2D eigenvalue weighted by molar-refractivity contribution is 1.13. The van der Waals surface area contributed by atoms with Gasteiger partial charge >= 0.3 is 0 Å². The van der Waals surface area contributed by atoms with Crippen LogP contribution in [0.15, 0.2) is 78.1 Å². The van der Waals surface area contributed by atoms with Crippen molar-refractivity contribution in [3.05, 3.63) is 89.2 Å². The number of aromatic amines is 1. The molecule has 1 aromatic carbocycles. The van der Waals surface area contributed by atoms with Gasteiger partial charge in [-0.05, 0) is 36.8 Å². The van der Waals surface area contributed by atoms with Gasteiger partial charge in [-0.15, -0.1) is 0 Å². The smallest absolute Gasteiger partial charge is 0.259 e. The summed E-state index contributed by atoms with van der Waals surface area (Å²) in [6, 6.07) is 15.2. The molecule has 26 heavy (non-hydrogen) atoms. The largest absolute Gasteiger partial charge is 0.306 e. The van der Waals surface area contributed by atoms with Gasteiger partial charge in [0, 0.05) is 35.9 Å². The maximum absolute atomic E-state index is 13.0. The molecule has 0 spiro atoms. The minimum absolute atomic E-state index is 0.177. The molecule has 0 unspecified atom stereocenters. The van der Waals surface area contributed by atoms with Crippen LogP contribution in [0.5, 0.6) is 0 Å². The molecule has 0 saturated carbocycles. The fourth-order valence-electron chi connectivity index (χ4n) is 2.91. The molecular formula is C21H16N4O. The van der Waals surface area contributed by atoms with Crippen LogP contribution < -0.4 is 5.56 Å². The third kappa shape index (κ3) is 3.02. The quantitative estimate of drug-likeness (QED) is 0.614. The zero-order chi connectivity index (χ0) is 17.9. The average Bonchev–Trinajstić information content (AvgIpc) is 2.68. The van der Waals surface area contributed by atoms with Crippen molar-refractivity contribution < 1.29 is 0 Å². The molecule has 5 nitrogen and oxygen atoms in total. The Hall–Kier alpha value is -3.60. The summed E-state index contributed by atoms with van der Waals surface area (Å²) in [5, 5.41) is 0. The van der Waals surface area contributed by atoms with E-state index < -0.39 is 0 Å². The Morgan fingerprint density at radius 3 is 2.12 bits per heavy atom. The summed E-state index contributed by atoms with van der Waals surface area (Å²) in [6.45, 7) is 2.00. The van der Waals surface area contributed by atoms with Crippen molar-refractivity contribution in [3.63, 3.8) is 0 Å². The lowest BCUT2D eigenvalue weighted by Gasteiger charge is -2.11. The number of aromatic nitrogens is 4. The number of hydrogen-bond acceptors (Lipinski definition) is 4. The molecule has 0 amide bonds. The van der Waals surface area contributed by atoms with Gasteiger partial charge in [0.2, 0.25) is 0 Å². The predicted octanol–water partition coefficient (Wildman–Crippen LogP) is 3.87. The van der Waals surface area contributed by atoms with Gasteiger partial charge in [-0.3, -0.25) is 14.8 Å². The van der Waals surface area contributed by atoms with Crippen molar-refractivity contribution >= 4 is 0 Å². The van der Waals surface area contributed by atoms with Crippen LogP contribution in [0.3, 0.4) is 0 Å². The van der Waals surface area contributed by atoms with Gasteiger partial charge in [0.1, 0.15) is 5.82 Å². The average molecular weight is 340 g/mol. The number of nitrogens with one attached hydrogen (secondary N) is 1. The number of aryl methyl sites for hydroxylation is 1. The lowest BCUT2D eigenvalue weighted by atomic mass is 9.99. The molecule has 4 rings (SSSR count). The molecule has 0 atom stereocenters. The number of hydrogen-bond donors (Lipinski definition) is 1. The van der Waals surface area contributed by atoms with E-state index in [1.54, 1.807) is 24.8 Å². The summed E-state index contributed by atoms with van der Waals surface area (Å²) < 4.78 is 0. The Labute approximate surface area is 150 Å². The monoisotopic (exact) mass is 340 g/mol. The Bertz CT molecular complexity index is 1110. The highest BCUT2D eigenvalue weighted by molar-refractivity contribution is 5.81. The highest BCUT2D eigenvalue weighted by atomic mass is 16.1. The Morgan fingerprint density at radius 1 is 0.808 bits per heavy atom. The summed E-state index contributed by atoms with van der Waals surface area (Å²) in [4.78, 5) is 28.8. The van der Waals surface area contributed by atoms with Gasteiger partial charge in [-0.2, -0.15) is 0 Å². The summed E-state index contributed by atoms with van der Waals surface area (Å²) in [5.41, 5.74) is 4.59. The topological polar surface area (TPSA) is 71.5 Å². The van der Waals surface area contributed by atoms with Crippen molar-refractivity contribution in [3.8, 4) is 33.8 Å². The molecule has 3 aromatic heterocycles. The van der Waals surface area contributed by atoms with E-state index in [0.717, 1.165) is 22.3 Å². The highest BCUT2D eigenvalue weighted by Crippen LogP contribution is 2.29. The molecule has 0 saturated heterocycles. The van der Waals surface area contributed by atoms with Crippen molar-refractivity contribution in [1.29, 1.82) is 0 Å². The van der Waals surface area contributed by atoms with Gasteiger partial charge in [0.05, 0.1) is 11.3 Å². The fourth-order valence-corrected chi connectivity index (χ4v) is 2.91. The Kier molecular flexibility index (Phi) is 4.11. The molecule has 4 aromatic rings. The second-order valence-electron chi connectivity index (χ2n) is 5.98. The zero-order valence-corrected chi connectivity index (χ0v) is 14.2. The van der Waals surface area contributed by atoms with Gasteiger partial charge in [-0.1, -0.05) is 29.8 Å². The van der Waals surface area contributed by atoms with Gasteiger partial charge in [0.25, 0.3) is 5.56 Å².